The fraction of sp³-hybridized carbons (Fsp3) is 0.364. The van der Waals surface area contributed by atoms with Gasteiger partial charge in [-0.2, -0.15) is 0 Å². The lowest BCUT2D eigenvalue weighted by molar-refractivity contribution is -0.384. The third kappa shape index (κ3) is 2.37. The van der Waals surface area contributed by atoms with Crippen molar-refractivity contribution in [1.29, 1.82) is 0 Å². The number of nitro groups is 1. The molecule has 1 heterocycles. The van der Waals surface area contributed by atoms with E-state index in [1.54, 1.807) is 12.1 Å². The average Bonchev–Trinajstić information content (AvgIpc) is 2.70. The van der Waals surface area contributed by atoms with Crippen LogP contribution in [0.15, 0.2) is 22.7 Å². The summed E-state index contributed by atoms with van der Waals surface area (Å²) in [5, 5.41) is 20.0. The molecule has 1 aliphatic rings. The molecule has 0 bridgehead atoms. The Bertz CT molecular complexity index is 506. The number of nitrogens with zero attached hydrogens (tertiary/aromatic N) is 2. The summed E-state index contributed by atoms with van der Waals surface area (Å²) in [5.74, 6) is -0.355. The normalized spacial score (nSPS) is 19.3. The Labute approximate surface area is 111 Å². The summed E-state index contributed by atoms with van der Waals surface area (Å²) < 4.78 is 0.670. The first-order valence-electron chi connectivity index (χ1n) is 5.38. The molecule has 96 valence electrons. The van der Waals surface area contributed by atoms with Gasteiger partial charge in [0.25, 0.3) is 5.69 Å². The van der Waals surface area contributed by atoms with Gasteiger partial charge in [-0.1, -0.05) is 15.9 Å². The maximum atomic E-state index is 11.8. The van der Waals surface area contributed by atoms with Gasteiger partial charge in [0.1, 0.15) is 5.69 Å². The first kappa shape index (κ1) is 13.0. The van der Waals surface area contributed by atoms with E-state index in [0.29, 0.717) is 11.0 Å². The molecule has 7 heteroatoms. The molecule has 6 nitrogen and oxygen atoms in total. The summed E-state index contributed by atoms with van der Waals surface area (Å²) in [6.45, 7) is 0.219. The van der Waals surface area contributed by atoms with Crippen molar-refractivity contribution in [2.24, 2.45) is 5.92 Å². The van der Waals surface area contributed by atoms with Gasteiger partial charge >= 0.3 is 0 Å². The predicted molar refractivity (Wildman–Crippen MR) is 68.3 cm³/mol. The molecule has 0 radical (unpaired) electrons. The molecule has 1 aromatic rings. The van der Waals surface area contributed by atoms with Crippen molar-refractivity contribution in [3.63, 3.8) is 0 Å². The zero-order valence-corrected chi connectivity index (χ0v) is 11.0. The van der Waals surface area contributed by atoms with E-state index in [1.807, 2.05) is 0 Å². The quantitative estimate of drug-likeness (QED) is 0.680. The van der Waals surface area contributed by atoms with Crippen LogP contribution in [0.25, 0.3) is 0 Å². The minimum absolute atomic E-state index is 0.0932. The first-order valence-corrected chi connectivity index (χ1v) is 6.17. The average molecular weight is 315 g/mol. The van der Waals surface area contributed by atoms with Crippen LogP contribution in [0.2, 0.25) is 0 Å². The molecule has 1 fully saturated rings. The zero-order valence-electron chi connectivity index (χ0n) is 9.38. The lowest BCUT2D eigenvalue weighted by Gasteiger charge is -2.16. The van der Waals surface area contributed by atoms with Crippen LogP contribution >= 0.6 is 15.9 Å². The molecule has 1 atom stereocenters. The van der Waals surface area contributed by atoms with Crippen molar-refractivity contribution in [1.82, 2.24) is 0 Å². The molecule has 1 aliphatic heterocycles. The molecule has 2 rings (SSSR count). The molecule has 1 aromatic carbocycles. The Kier molecular flexibility index (Phi) is 3.63. The zero-order chi connectivity index (χ0) is 13.3. The number of carbonyl (C=O) groups excluding carboxylic acids is 1. The molecule has 1 saturated heterocycles. The standard InChI is InChI=1S/C11H11BrN2O4/c12-8-1-2-9(14(17)18)10(4-8)13-5-7(6-15)3-11(13)16/h1-2,4,7,15H,3,5-6H2. The Morgan fingerprint density at radius 1 is 1.56 bits per heavy atom. The fourth-order valence-electron chi connectivity index (χ4n) is 2.00. The van der Waals surface area contributed by atoms with E-state index in [9.17, 15) is 14.9 Å². The number of hydrogen-bond donors (Lipinski definition) is 1. The van der Waals surface area contributed by atoms with Gasteiger partial charge in [0.05, 0.1) is 4.92 Å². The Morgan fingerprint density at radius 2 is 2.28 bits per heavy atom. The van der Waals surface area contributed by atoms with Gasteiger partial charge in [0.15, 0.2) is 0 Å². The van der Waals surface area contributed by atoms with Crippen LogP contribution in [0, 0.1) is 16.0 Å². The summed E-state index contributed by atoms with van der Waals surface area (Å²) in [4.78, 5) is 23.6. The molecular weight excluding hydrogens is 304 g/mol. The minimum Gasteiger partial charge on any atom is -0.396 e. The van der Waals surface area contributed by atoms with E-state index in [1.165, 1.54) is 11.0 Å². The Hall–Kier alpha value is -1.47. The summed E-state index contributed by atoms with van der Waals surface area (Å²) in [5.41, 5.74) is 0.167. The Morgan fingerprint density at radius 3 is 2.83 bits per heavy atom. The second-order valence-corrected chi connectivity index (χ2v) is 5.06. The highest BCUT2D eigenvalue weighted by Gasteiger charge is 2.33. The van der Waals surface area contributed by atoms with Crippen molar-refractivity contribution in [2.75, 3.05) is 18.1 Å². The predicted octanol–water partition coefficient (Wildman–Crippen LogP) is 1.70. The summed E-state index contributed by atoms with van der Waals surface area (Å²) in [6.07, 6.45) is 0.222. The third-order valence-electron chi connectivity index (χ3n) is 2.89. The van der Waals surface area contributed by atoms with Crippen molar-refractivity contribution in [2.45, 2.75) is 6.42 Å². The second kappa shape index (κ2) is 5.03. The lowest BCUT2D eigenvalue weighted by atomic mass is 10.1. The second-order valence-electron chi connectivity index (χ2n) is 4.15. The molecule has 0 aromatic heterocycles. The number of benzene rings is 1. The van der Waals surface area contributed by atoms with Gasteiger partial charge in [-0.05, 0) is 12.1 Å². The molecule has 1 amide bonds. The van der Waals surface area contributed by atoms with Gasteiger partial charge in [-0.3, -0.25) is 14.9 Å². The molecule has 0 saturated carbocycles. The summed E-state index contributed by atoms with van der Waals surface area (Å²) >= 11 is 3.23. The van der Waals surface area contributed by atoms with Crippen LogP contribution in [0.3, 0.4) is 0 Å². The number of aliphatic hydroxyl groups excluding tert-OH is 1. The lowest BCUT2D eigenvalue weighted by Crippen LogP contribution is -2.25. The van der Waals surface area contributed by atoms with Crippen molar-refractivity contribution in [3.8, 4) is 0 Å². The van der Waals surface area contributed by atoms with Crippen LogP contribution in [-0.4, -0.2) is 29.1 Å². The fourth-order valence-corrected chi connectivity index (χ4v) is 2.35. The van der Waals surface area contributed by atoms with E-state index in [2.05, 4.69) is 15.9 Å². The van der Waals surface area contributed by atoms with Crippen LogP contribution in [0.5, 0.6) is 0 Å². The van der Waals surface area contributed by atoms with E-state index in [4.69, 9.17) is 5.11 Å². The highest BCUT2D eigenvalue weighted by molar-refractivity contribution is 9.10. The molecule has 1 N–H and O–H groups in total. The van der Waals surface area contributed by atoms with Crippen LogP contribution in [0.1, 0.15) is 6.42 Å². The SMILES string of the molecule is O=C1CC(CO)CN1c1cc(Br)ccc1[N+](=O)[O-]. The Balaban J connectivity index is 2.41. The van der Waals surface area contributed by atoms with Gasteiger partial charge < -0.3 is 10.0 Å². The number of carbonyl (C=O) groups is 1. The number of halogens is 1. The van der Waals surface area contributed by atoms with Gasteiger partial charge in [-0.15, -0.1) is 0 Å². The topological polar surface area (TPSA) is 83.7 Å². The third-order valence-corrected chi connectivity index (χ3v) is 3.38. The van der Waals surface area contributed by atoms with E-state index < -0.39 is 4.92 Å². The highest BCUT2D eigenvalue weighted by Crippen LogP contribution is 2.34. The van der Waals surface area contributed by atoms with E-state index in [-0.39, 0.29) is 36.2 Å². The van der Waals surface area contributed by atoms with Crippen molar-refractivity contribution in [3.05, 3.63) is 32.8 Å². The van der Waals surface area contributed by atoms with Crippen LogP contribution in [0.4, 0.5) is 11.4 Å². The van der Waals surface area contributed by atoms with Gasteiger partial charge in [0, 0.05) is 36.0 Å². The van der Waals surface area contributed by atoms with Gasteiger partial charge in [0.2, 0.25) is 5.91 Å². The van der Waals surface area contributed by atoms with Crippen LogP contribution in [-0.2, 0) is 4.79 Å². The number of amides is 1. The highest BCUT2D eigenvalue weighted by atomic mass is 79.9. The number of rotatable bonds is 3. The monoisotopic (exact) mass is 314 g/mol. The summed E-state index contributed by atoms with van der Waals surface area (Å²) in [6, 6.07) is 4.47. The van der Waals surface area contributed by atoms with Gasteiger partial charge in [-0.25, -0.2) is 0 Å². The minimum atomic E-state index is -0.513. The maximum Gasteiger partial charge on any atom is 0.293 e. The largest absolute Gasteiger partial charge is 0.396 e. The molecule has 18 heavy (non-hydrogen) atoms. The molecule has 0 spiro atoms. The number of aliphatic hydroxyl groups is 1. The first-order chi connectivity index (χ1) is 8.52. The van der Waals surface area contributed by atoms with E-state index in [0.717, 1.165) is 0 Å². The smallest absolute Gasteiger partial charge is 0.293 e. The molecule has 0 aliphatic carbocycles. The van der Waals surface area contributed by atoms with Crippen molar-refractivity contribution < 1.29 is 14.8 Å². The van der Waals surface area contributed by atoms with Crippen LogP contribution < -0.4 is 4.90 Å². The molecular formula is C11H11BrN2O4. The van der Waals surface area contributed by atoms with E-state index >= 15 is 0 Å². The molecule has 1 unspecified atom stereocenters. The number of nitro benzene ring substituents is 1. The maximum absolute atomic E-state index is 11.8. The number of anilines is 1. The summed E-state index contributed by atoms with van der Waals surface area (Å²) in [7, 11) is 0. The number of hydrogen-bond acceptors (Lipinski definition) is 4. The van der Waals surface area contributed by atoms with Crippen molar-refractivity contribution >= 4 is 33.2 Å².